The van der Waals surface area contributed by atoms with E-state index >= 15 is 0 Å². The van der Waals surface area contributed by atoms with E-state index in [0.29, 0.717) is 43.0 Å². The lowest BCUT2D eigenvalue weighted by molar-refractivity contribution is -0.136. The first kappa shape index (κ1) is 23.5. The molecule has 3 atom stereocenters. The SMILES string of the molecule is C[C@@H]1CCC[C@H](C)N1Cc1ccc(COc2cccc3c2CN(C2CCC(=O)NC2=O)C3=O)cc1. The molecule has 3 aliphatic heterocycles. The van der Waals surface area contributed by atoms with Gasteiger partial charge < -0.3 is 9.64 Å². The Hall–Kier alpha value is -3.19. The van der Waals surface area contributed by atoms with Crippen LogP contribution in [0.25, 0.3) is 0 Å². The van der Waals surface area contributed by atoms with Gasteiger partial charge in [0.05, 0.1) is 6.54 Å². The van der Waals surface area contributed by atoms with Gasteiger partial charge in [-0.2, -0.15) is 0 Å². The Balaban J connectivity index is 1.23. The van der Waals surface area contributed by atoms with Crippen LogP contribution in [0.4, 0.5) is 0 Å². The highest BCUT2D eigenvalue weighted by atomic mass is 16.5. The summed E-state index contributed by atoms with van der Waals surface area (Å²) in [6, 6.07) is 14.6. The molecule has 2 fully saturated rings. The van der Waals surface area contributed by atoms with Crippen molar-refractivity contribution in [3.8, 4) is 5.75 Å². The Morgan fingerprint density at radius 2 is 1.66 bits per heavy atom. The largest absolute Gasteiger partial charge is 0.489 e. The van der Waals surface area contributed by atoms with Gasteiger partial charge in [0.15, 0.2) is 0 Å². The molecule has 2 saturated heterocycles. The molecule has 0 saturated carbocycles. The van der Waals surface area contributed by atoms with Crippen molar-refractivity contribution < 1.29 is 19.1 Å². The fourth-order valence-electron chi connectivity index (χ4n) is 5.59. The Kier molecular flexibility index (Phi) is 6.60. The van der Waals surface area contributed by atoms with E-state index < -0.39 is 11.9 Å². The van der Waals surface area contributed by atoms with Gasteiger partial charge >= 0.3 is 0 Å². The number of hydrogen-bond donors (Lipinski definition) is 1. The fraction of sp³-hybridized carbons (Fsp3) is 0.464. The van der Waals surface area contributed by atoms with Crippen LogP contribution in [0, 0.1) is 0 Å². The third-order valence-corrected chi connectivity index (χ3v) is 7.70. The highest BCUT2D eigenvalue weighted by molar-refractivity contribution is 6.05. The van der Waals surface area contributed by atoms with Gasteiger partial charge in [0.1, 0.15) is 18.4 Å². The zero-order valence-electron chi connectivity index (χ0n) is 20.5. The number of fused-ring (bicyclic) bond motifs is 1. The van der Waals surface area contributed by atoms with Gasteiger partial charge in [-0.3, -0.25) is 24.6 Å². The van der Waals surface area contributed by atoms with Crippen molar-refractivity contribution in [1.82, 2.24) is 15.1 Å². The summed E-state index contributed by atoms with van der Waals surface area (Å²) in [5, 5.41) is 2.34. The highest BCUT2D eigenvalue weighted by Crippen LogP contribution is 2.34. The van der Waals surface area contributed by atoms with Gasteiger partial charge in [0, 0.05) is 36.2 Å². The molecule has 3 aliphatic rings. The van der Waals surface area contributed by atoms with Gasteiger partial charge in [-0.15, -0.1) is 0 Å². The van der Waals surface area contributed by atoms with Crippen LogP contribution in [0.5, 0.6) is 5.75 Å². The summed E-state index contributed by atoms with van der Waals surface area (Å²) in [7, 11) is 0. The predicted octanol–water partition coefficient (Wildman–Crippen LogP) is 3.79. The third kappa shape index (κ3) is 4.82. The smallest absolute Gasteiger partial charge is 0.255 e. The number of amides is 3. The maximum Gasteiger partial charge on any atom is 0.255 e. The molecular weight excluding hydrogens is 442 g/mol. The molecule has 0 aliphatic carbocycles. The van der Waals surface area contributed by atoms with Gasteiger partial charge in [-0.25, -0.2) is 0 Å². The normalized spacial score (nSPS) is 24.9. The number of ether oxygens (including phenoxy) is 1. The molecule has 3 heterocycles. The highest BCUT2D eigenvalue weighted by Gasteiger charge is 2.40. The second-order valence-electron chi connectivity index (χ2n) is 10.1. The van der Waals surface area contributed by atoms with Crippen LogP contribution in [-0.4, -0.2) is 45.6 Å². The predicted molar refractivity (Wildman–Crippen MR) is 132 cm³/mol. The van der Waals surface area contributed by atoms with E-state index in [1.807, 2.05) is 12.1 Å². The van der Waals surface area contributed by atoms with Crippen molar-refractivity contribution in [2.75, 3.05) is 0 Å². The molecule has 0 bridgehead atoms. The standard InChI is InChI=1S/C28H33N3O4/c1-18-5-3-6-19(2)30(18)15-20-9-11-21(12-10-20)17-35-25-8-4-7-22-23(25)16-31(28(22)34)24-13-14-26(32)29-27(24)33/h4,7-12,18-19,24H,3,5-6,13-17H2,1-2H3,(H,29,32,33)/t18-,19+,24?. The van der Waals surface area contributed by atoms with Gasteiger partial charge in [0.2, 0.25) is 11.8 Å². The number of benzene rings is 2. The molecule has 1 unspecified atom stereocenters. The van der Waals surface area contributed by atoms with Crippen LogP contribution in [0.1, 0.15) is 73.0 Å². The molecule has 35 heavy (non-hydrogen) atoms. The number of carbonyl (C=O) groups excluding carboxylic acids is 3. The van der Waals surface area contributed by atoms with E-state index in [1.54, 1.807) is 11.0 Å². The number of nitrogens with zero attached hydrogens (tertiary/aromatic N) is 2. The molecule has 184 valence electrons. The average Bonchev–Trinajstić information content (AvgIpc) is 3.18. The molecule has 3 amide bonds. The van der Waals surface area contributed by atoms with Crippen LogP contribution < -0.4 is 10.1 Å². The zero-order valence-corrected chi connectivity index (χ0v) is 20.5. The van der Waals surface area contributed by atoms with E-state index in [-0.39, 0.29) is 18.2 Å². The first-order valence-corrected chi connectivity index (χ1v) is 12.6. The molecule has 7 heteroatoms. The molecule has 2 aromatic carbocycles. The number of likely N-dealkylation sites (tertiary alicyclic amines) is 1. The van der Waals surface area contributed by atoms with Crippen molar-refractivity contribution in [2.45, 2.75) is 83.8 Å². The third-order valence-electron chi connectivity index (χ3n) is 7.70. The number of imide groups is 1. The summed E-state index contributed by atoms with van der Waals surface area (Å²) in [6.07, 6.45) is 4.44. The molecule has 7 nitrogen and oxygen atoms in total. The lowest BCUT2D eigenvalue weighted by Gasteiger charge is -2.39. The zero-order chi connectivity index (χ0) is 24.5. The van der Waals surface area contributed by atoms with Gasteiger partial charge in [-0.05, 0) is 56.4 Å². The summed E-state index contributed by atoms with van der Waals surface area (Å²) in [4.78, 5) is 41.0. The Morgan fingerprint density at radius 1 is 0.943 bits per heavy atom. The Morgan fingerprint density at radius 3 is 2.37 bits per heavy atom. The molecule has 5 rings (SSSR count). The average molecular weight is 476 g/mol. The molecule has 2 aromatic rings. The monoisotopic (exact) mass is 475 g/mol. The fourth-order valence-corrected chi connectivity index (χ4v) is 5.59. The van der Waals surface area contributed by atoms with Crippen molar-refractivity contribution in [3.05, 3.63) is 64.7 Å². The van der Waals surface area contributed by atoms with Crippen molar-refractivity contribution in [1.29, 1.82) is 0 Å². The minimum Gasteiger partial charge on any atom is -0.489 e. The molecule has 1 N–H and O–H groups in total. The van der Waals surface area contributed by atoms with Crippen molar-refractivity contribution >= 4 is 17.7 Å². The summed E-state index contributed by atoms with van der Waals surface area (Å²) >= 11 is 0. The van der Waals surface area contributed by atoms with E-state index in [1.165, 1.54) is 24.8 Å². The van der Waals surface area contributed by atoms with Gasteiger partial charge in [0.25, 0.3) is 5.91 Å². The minimum absolute atomic E-state index is 0.189. The van der Waals surface area contributed by atoms with Gasteiger partial charge in [-0.1, -0.05) is 36.8 Å². The van der Waals surface area contributed by atoms with Crippen molar-refractivity contribution in [2.24, 2.45) is 0 Å². The summed E-state index contributed by atoms with van der Waals surface area (Å²) in [5.41, 5.74) is 3.73. The summed E-state index contributed by atoms with van der Waals surface area (Å²) in [6.45, 7) is 6.32. The van der Waals surface area contributed by atoms with Crippen LogP contribution in [0.15, 0.2) is 42.5 Å². The quantitative estimate of drug-likeness (QED) is 0.643. The maximum atomic E-state index is 13.0. The van der Waals surface area contributed by atoms with E-state index in [9.17, 15) is 14.4 Å². The van der Waals surface area contributed by atoms with Crippen LogP contribution in [0.2, 0.25) is 0 Å². The van der Waals surface area contributed by atoms with Crippen LogP contribution in [0.3, 0.4) is 0 Å². The van der Waals surface area contributed by atoms with E-state index in [2.05, 4.69) is 48.3 Å². The van der Waals surface area contributed by atoms with Crippen LogP contribution in [-0.2, 0) is 29.3 Å². The molecule has 0 spiro atoms. The van der Waals surface area contributed by atoms with Crippen molar-refractivity contribution in [3.63, 3.8) is 0 Å². The molecular formula is C28H33N3O4. The lowest BCUT2D eigenvalue weighted by Crippen LogP contribution is -2.52. The van der Waals surface area contributed by atoms with E-state index in [0.717, 1.165) is 17.7 Å². The molecule has 0 radical (unpaired) electrons. The number of piperidine rings is 2. The molecule has 0 aromatic heterocycles. The Labute approximate surface area is 206 Å². The Bertz CT molecular complexity index is 1120. The summed E-state index contributed by atoms with van der Waals surface area (Å²) < 4.78 is 6.14. The number of carbonyl (C=O) groups is 3. The second kappa shape index (κ2) is 9.82. The van der Waals surface area contributed by atoms with E-state index in [4.69, 9.17) is 4.74 Å². The van der Waals surface area contributed by atoms with Crippen LogP contribution >= 0.6 is 0 Å². The maximum absolute atomic E-state index is 13.0. The first-order valence-electron chi connectivity index (χ1n) is 12.6. The second-order valence-corrected chi connectivity index (χ2v) is 10.1. The lowest BCUT2D eigenvalue weighted by atomic mass is 9.96. The number of nitrogens with one attached hydrogen (secondary N) is 1. The summed E-state index contributed by atoms with van der Waals surface area (Å²) in [5.74, 6) is -0.222. The number of hydrogen-bond acceptors (Lipinski definition) is 5. The topological polar surface area (TPSA) is 79.0 Å². The number of rotatable bonds is 6. The minimum atomic E-state index is -0.627. The first-order chi connectivity index (χ1) is 16.9.